The lowest BCUT2D eigenvalue weighted by Gasteiger charge is -2.19. The van der Waals surface area contributed by atoms with Crippen molar-refractivity contribution in [1.29, 1.82) is 0 Å². The second kappa shape index (κ2) is 10.2. The third-order valence-electron chi connectivity index (χ3n) is 3.59. The normalized spacial score (nSPS) is 17.0. The van der Waals surface area contributed by atoms with Crippen molar-refractivity contribution in [2.45, 2.75) is 42.7 Å². The summed E-state index contributed by atoms with van der Waals surface area (Å²) in [6.45, 7) is 0. The standard InChI is InChI=1S/C18H25NS2/c1-19-17(13-12-16-8-3-2-4-9-16)10-5-6-11-18-20-14-7-15-21-18/h2-4,8-9,17-19H,6-7,11-15H2,1H3. The van der Waals surface area contributed by atoms with Gasteiger partial charge in [-0.05, 0) is 49.8 Å². The van der Waals surface area contributed by atoms with Crippen LogP contribution >= 0.6 is 23.5 Å². The molecule has 1 nitrogen and oxygen atoms in total. The zero-order chi connectivity index (χ0) is 14.8. The zero-order valence-electron chi connectivity index (χ0n) is 12.8. The van der Waals surface area contributed by atoms with Crippen LogP contribution in [0.1, 0.15) is 31.2 Å². The molecule has 1 aliphatic heterocycles. The third-order valence-corrected chi connectivity index (χ3v) is 6.67. The number of rotatable bonds is 6. The summed E-state index contributed by atoms with van der Waals surface area (Å²) in [5, 5.41) is 3.33. The summed E-state index contributed by atoms with van der Waals surface area (Å²) in [5.74, 6) is 9.45. The van der Waals surface area contributed by atoms with Gasteiger partial charge in [-0.3, -0.25) is 0 Å². The fourth-order valence-electron chi connectivity index (χ4n) is 2.33. The van der Waals surface area contributed by atoms with Gasteiger partial charge in [-0.15, -0.1) is 29.4 Å². The summed E-state index contributed by atoms with van der Waals surface area (Å²) in [7, 11) is 2.01. The van der Waals surface area contributed by atoms with Crippen LogP contribution < -0.4 is 5.32 Å². The topological polar surface area (TPSA) is 12.0 Å². The molecule has 2 rings (SSSR count). The minimum absolute atomic E-state index is 0.317. The molecular formula is C18H25NS2. The third kappa shape index (κ3) is 6.82. The quantitative estimate of drug-likeness (QED) is 0.790. The van der Waals surface area contributed by atoms with Crippen molar-refractivity contribution in [1.82, 2.24) is 5.32 Å². The molecule has 1 heterocycles. The molecule has 1 aliphatic rings. The van der Waals surface area contributed by atoms with Gasteiger partial charge in [0.15, 0.2) is 0 Å². The molecule has 0 aliphatic carbocycles. The summed E-state index contributed by atoms with van der Waals surface area (Å²) in [5.41, 5.74) is 1.40. The van der Waals surface area contributed by atoms with Crippen LogP contribution in [0.5, 0.6) is 0 Å². The van der Waals surface area contributed by atoms with E-state index in [9.17, 15) is 0 Å². The maximum absolute atomic E-state index is 3.40. The van der Waals surface area contributed by atoms with Crippen molar-refractivity contribution in [2.24, 2.45) is 0 Å². The Bertz CT molecular complexity index is 443. The molecule has 1 N–H and O–H groups in total. The molecule has 1 unspecified atom stereocenters. The highest BCUT2D eigenvalue weighted by Crippen LogP contribution is 2.33. The lowest BCUT2D eigenvalue weighted by atomic mass is 10.1. The van der Waals surface area contributed by atoms with E-state index in [1.807, 2.05) is 7.05 Å². The fourth-order valence-corrected chi connectivity index (χ4v) is 5.19. The molecule has 0 spiro atoms. The average molecular weight is 320 g/mol. The van der Waals surface area contributed by atoms with Crippen LogP contribution in [-0.2, 0) is 6.42 Å². The number of benzene rings is 1. The van der Waals surface area contributed by atoms with E-state index in [2.05, 4.69) is 71.0 Å². The number of hydrogen-bond donors (Lipinski definition) is 1. The molecule has 1 fully saturated rings. The second-order valence-corrected chi connectivity index (χ2v) is 8.17. The molecular weight excluding hydrogens is 294 g/mol. The molecule has 0 bridgehead atoms. The monoisotopic (exact) mass is 319 g/mol. The largest absolute Gasteiger partial charge is 0.307 e. The maximum atomic E-state index is 3.40. The maximum Gasteiger partial charge on any atom is 0.0690 e. The molecule has 1 aromatic carbocycles. The van der Waals surface area contributed by atoms with E-state index in [0.717, 1.165) is 23.8 Å². The highest BCUT2D eigenvalue weighted by molar-refractivity contribution is 8.17. The predicted octanol–water partition coefficient (Wildman–Crippen LogP) is 4.19. The lowest BCUT2D eigenvalue weighted by Crippen LogP contribution is -2.23. The number of nitrogens with one attached hydrogen (secondary N) is 1. The first kappa shape index (κ1) is 16.8. The summed E-state index contributed by atoms with van der Waals surface area (Å²) in [6, 6.07) is 11.0. The molecule has 21 heavy (non-hydrogen) atoms. The molecule has 0 amide bonds. The molecule has 1 saturated heterocycles. The first-order valence-corrected chi connectivity index (χ1v) is 9.91. The summed E-state index contributed by atoms with van der Waals surface area (Å²) < 4.78 is 0.783. The Hall–Kier alpha value is -0.560. The van der Waals surface area contributed by atoms with Gasteiger partial charge in [0, 0.05) is 6.42 Å². The van der Waals surface area contributed by atoms with E-state index < -0.39 is 0 Å². The van der Waals surface area contributed by atoms with E-state index in [4.69, 9.17) is 0 Å². The number of thioether (sulfide) groups is 2. The van der Waals surface area contributed by atoms with E-state index >= 15 is 0 Å². The Morgan fingerprint density at radius 2 is 2.00 bits per heavy atom. The van der Waals surface area contributed by atoms with Crippen molar-refractivity contribution in [3.05, 3.63) is 35.9 Å². The van der Waals surface area contributed by atoms with Gasteiger partial charge in [-0.25, -0.2) is 0 Å². The van der Waals surface area contributed by atoms with E-state index in [-0.39, 0.29) is 0 Å². The molecule has 3 heteroatoms. The van der Waals surface area contributed by atoms with Crippen LogP contribution in [0.25, 0.3) is 0 Å². The average Bonchev–Trinajstić information content (AvgIpc) is 2.56. The number of hydrogen-bond acceptors (Lipinski definition) is 3. The van der Waals surface area contributed by atoms with Crippen molar-refractivity contribution in [3.8, 4) is 11.8 Å². The molecule has 114 valence electrons. The molecule has 1 aromatic rings. The fraction of sp³-hybridized carbons (Fsp3) is 0.556. The summed E-state index contributed by atoms with van der Waals surface area (Å²) in [4.78, 5) is 0. The van der Waals surface area contributed by atoms with Gasteiger partial charge < -0.3 is 5.32 Å². The van der Waals surface area contributed by atoms with Gasteiger partial charge in [0.2, 0.25) is 0 Å². The van der Waals surface area contributed by atoms with Crippen molar-refractivity contribution < 1.29 is 0 Å². The Morgan fingerprint density at radius 1 is 1.24 bits per heavy atom. The van der Waals surface area contributed by atoms with Crippen LogP contribution in [0, 0.1) is 11.8 Å². The molecule has 1 atom stereocenters. The minimum Gasteiger partial charge on any atom is -0.307 e. The molecule has 0 aromatic heterocycles. The first-order chi connectivity index (χ1) is 10.4. The van der Waals surface area contributed by atoms with Crippen LogP contribution in [0.3, 0.4) is 0 Å². The van der Waals surface area contributed by atoms with Gasteiger partial charge in [-0.2, -0.15) is 0 Å². The zero-order valence-corrected chi connectivity index (χ0v) is 14.4. The highest BCUT2D eigenvalue weighted by atomic mass is 32.2. The molecule has 0 radical (unpaired) electrons. The minimum atomic E-state index is 0.317. The van der Waals surface area contributed by atoms with Gasteiger partial charge in [0.25, 0.3) is 0 Å². The van der Waals surface area contributed by atoms with Crippen molar-refractivity contribution >= 4 is 23.5 Å². The predicted molar refractivity (Wildman–Crippen MR) is 97.9 cm³/mol. The van der Waals surface area contributed by atoms with Crippen LogP contribution in [0.2, 0.25) is 0 Å². The van der Waals surface area contributed by atoms with Gasteiger partial charge in [-0.1, -0.05) is 36.3 Å². The van der Waals surface area contributed by atoms with Gasteiger partial charge in [0.1, 0.15) is 0 Å². The van der Waals surface area contributed by atoms with Crippen molar-refractivity contribution in [3.63, 3.8) is 0 Å². The van der Waals surface area contributed by atoms with E-state index in [0.29, 0.717) is 6.04 Å². The first-order valence-electron chi connectivity index (χ1n) is 7.81. The van der Waals surface area contributed by atoms with Crippen molar-refractivity contribution in [2.75, 3.05) is 18.6 Å². The Balaban J connectivity index is 1.68. The van der Waals surface area contributed by atoms with Crippen LogP contribution in [0.15, 0.2) is 30.3 Å². The second-order valence-electron chi connectivity index (χ2n) is 5.25. The van der Waals surface area contributed by atoms with Crippen LogP contribution in [0.4, 0.5) is 0 Å². The Kier molecular flexibility index (Phi) is 8.17. The smallest absolute Gasteiger partial charge is 0.0690 e. The molecule has 0 saturated carbocycles. The van der Waals surface area contributed by atoms with Crippen LogP contribution in [-0.4, -0.2) is 29.2 Å². The summed E-state index contributed by atoms with van der Waals surface area (Å²) >= 11 is 4.23. The Labute approximate surface area is 138 Å². The highest BCUT2D eigenvalue weighted by Gasteiger charge is 2.13. The van der Waals surface area contributed by atoms with E-state index in [1.54, 1.807) is 0 Å². The van der Waals surface area contributed by atoms with Gasteiger partial charge >= 0.3 is 0 Å². The summed E-state index contributed by atoms with van der Waals surface area (Å²) in [6.07, 6.45) is 5.82. The van der Waals surface area contributed by atoms with E-state index in [1.165, 1.54) is 29.9 Å². The van der Waals surface area contributed by atoms with Gasteiger partial charge in [0.05, 0.1) is 10.6 Å². The number of aryl methyl sites for hydroxylation is 1. The lowest BCUT2D eigenvalue weighted by molar-refractivity contribution is 0.629. The SMILES string of the molecule is CNC(C#CCCC1SCCCS1)CCc1ccccc1. The Morgan fingerprint density at radius 3 is 2.71 bits per heavy atom.